The monoisotopic (exact) mass is 606 g/mol. The number of hydrogen-bond donors (Lipinski definition) is 2. The van der Waals surface area contributed by atoms with Crippen molar-refractivity contribution in [2.75, 3.05) is 19.8 Å². The minimum Gasteiger partial charge on any atom is -0.432 e. The Hall–Kier alpha value is -1.28. The van der Waals surface area contributed by atoms with Crippen molar-refractivity contribution in [1.82, 2.24) is 0 Å². The van der Waals surface area contributed by atoms with Crippen LogP contribution in [0.5, 0.6) is 0 Å². The van der Waals surface area contributed by atoms with E-state index in [1.807, 2.05) is 0 Å². The van der Waals surface area contributed by atoms with Gasteiger partial charge in [-0.05, 0) is 110 Å². The van der Waals surface area contributed by atoms with Crippen LogP contribution in [-0.4, -0.2) is 55.0 Å². The van der Waals surface area contributed by atoms with Gasteiger partial charge < -0.3 is 24.1 Å². The van der Waals surface area contributed by atoms with Crippen molar-refractivity contribution < 1.29 is 24.1 Å². The molecule has 5 fully saturated rings. The summed E-state index contributed by atoms with van der Waals surface area (Å²) < 4.78 is 19.0. The molecule has 7 rings (SSSR count). The van der Waals surface area contributed by atoms with E-state index in [9.17, 15) is 9.90 Å². The fourth-order valence-corrected chi connectivity index (χ4v) is 11.2. The van der Waals surface area contributed by atoms with Crippen LogP contribution in [0.25, 0.3) is 0 Å². The van der Waals surface area contributed by atoms with Gasteiger partial charge in [0.05, 0.1) is 31.0 Å². The Kier molecular flexibility index (Phi) is 7.14. The van der Waals surface area contributed by atoms with E-state index >= 15 is 0 Å². The number of rotatable bonds is 5. The summed E-state index contributed by atoms with van der Waals surface area (Å²) in [5.41, 5.74) is 5.82. The van der Waals surface area contributed by atoms with Crippen molar-refractivity contribution in [3.05, 3.63) is 58.7 Å². The first-order valence-electron chi connectivity index (χ1n) is 17.1. The zero-order valence-electron chi connectivity index (χ0n) is 27.3. The number of ether oxygens (including phenoxy) is 3. The van der Waals surface area contributed by atoms with E-state index < -0.39 is 19.7 Å². The molecule has 43 heavy (non-hydrogen) atoms. The van der Waals surface area contributed by atoms with Gasteiger partial charge in [0.2, 0.25) is 0 Å². The molecule has 2 spiro atoms. The maximum absolute atomic E-state index is 12.4. The second kappa shape index (κ2) is 10.1. The second-order valence-electron chi connectivity index (χ2n) is 16.4. The summed E-state index contributed by atoms with van der Waals surface area (Å²) in [5, 5.41) is 12.3. The summed E-state index contributed by atoms with van der Waals surface area (Å²) in [5.74, 6) is 0.660. The third kappa shape index (κ3) is 4.56. The molecule has 2 aliphatic heterocycles. The highest BCUT2D eigenvalue weighted by Gasteiger charge is 2.67. The maximum Gasteiger partial charge on any atom is 0.188 e. The van der Waals surface area contributed by atoms with E-state index in [0.717, 1.165) is 64.4 Å². The lowest BCUT2D eigenvalue weighted by molar-refractivity contribution is -0.208. The van der Waals surface area contributed by atoms with Crippen LogP contribution in [0.1, 0.15) is 102 Å². The average Bonchev–Trinajstić information content (AvgIpc) is 3.64. The van der Waals surface area contributed by atoms with E-state index in [2.05, 4.69) is 64.7 Å². The summed E-state index contributed by atoms with van der Waals surface area (Å²) in [4.78, 5) is 10.8. The summed E-state index contributed by atoms with van der Waals surface area (Å²) in [6, 6.07) is 9.39. The molecule has 5 nitrogen and oxygen atoms in total. The van der Waals surface area contributed by atoms with Gasteiger partial charge in [-0.15, -0.1) is 0 Å². The molecule has 3 saturated carbocycles. The molecule has 2 saturated heterocycles. The van der Waals surface area contributed by atoms with Crippen molar-refractivity contribution >= 4 is 8.32 Å². The van der Waals surface area contributed by atoms with Gasteiger partial charge in [0.1, 0.15) is 0 Å². The number of benzene rings is 1. The molecule has 6 atom stereocenters. The molecule has 0 bridgehead atoms. The molecule has 1 aromatic carbocycles. The summed E-state index contributed by atoms with van der Waals surface area (Å²) in [6.45, 7) is 17.7. The first-order valence-corrected chi connectivity index (χ1v) is 20.0. The second-order valence-corrected chi connectivity index (χ2v) is 20.9. The lowest BCUT2D eigenvalue weighted by Gasteiger charge is -2.58. The van der Waals surface area contributed by atoms with Crippen molar-refractivity contribution in [2.24, 2.45) is 17.3 Å². The van der Waals surface area contributed by atoms with Gasteiger partial charge in [-0.1, -0.05) is 57.2 Å². The SMILES string of the molecule is C=C1CCO[C@]12CCC1C3CC[C@@]4(O)CC5(CCC4=C3[C@@H](c3ccc(CCC(C)(C)[Si](C)(C)O)cc3)C[C@@]12C)OCCO5. The molecular weight excluding hydrogens is 552 g/mol. The van der Waals surface area contributed by atoms with Crippen molar-refractivity contribution in [3.8, 4) is 0 Å². The highest BCUT2D eigenvalue weighted by atomic mass is 28.4. The number of fused-ring (bicyclic) bond motifs is 5. The molecule has 6 heteroatoms. The van der Waals surface area contributed by atoms with Crippen molar-refractivity contribution in [2.45, 2.75) is 132 Å². The fraction of sp³-hybridized carbons (Fsp3) is 0.730. The average molecular weight is 607 g/mol. The zero-order valence-corrected chi connectivity index (χ0v) is 28.3. The van der Waals surface area contributed by atoms with E-state index in [-0.39, 0.29) is 22.0 Å². The molecule has 0 aromatic heterocycles. The third-order valence-electron chi connectivity index (χ3n) is 13.7. The van der Waals surface area contributed by atoms with Crippen LogP contribution in [0.4, 0.5) is 0 Å². The zero-order chi connectivity index (χ0) is 30.5. The number of aryl methyl sites for hydroxylation is 1. The van der Waals surface area contributed by atoms with Gasteiger partial charge in [0.15, 0.2) is 14.1 Å². The first kappa shape index (κ1) is 30.4. The molecule has 1 aromatic rings. The highest BCUT2D eigenvalue weighted by molar-refractivity contribution is 6.72. The van der Waals surface area contributed by atoms with Crippen LogP contribution in [0.3, 0.4) is 0 Å². The molecule has 0 radical (unpaired) electrons. The normalized spacial score (nSPS) is 39.0. The van der Waals surface area contributed by atoms with Gasteiger partial charge in [0.25, 0.3) is 0 Å². The van der Waals surface area contributed by atoms with Crippen molar-refractivity contribution in [1.29, 1.82) is 0 Å². The Morgan fingerprint density at radius 3 is 2.35 bits per heavy atom. The van der Waals surface area contributed by atoms with Crippen LogP contribution in [0.15, 0.2) is 47.6 Å². The van der Waals surface area contributed by atoms with Gasteiger partial charge in [-0.2, -0.15) is 0 Å². The Labute approximate surface area is 260 Å². The predicted octanol–water partition coefficient (Wildman–Crippen LogP) is 7.58. The summed E-state index contributed by atoms with van der Waals surface area (Å²) >= 11 is 0. The molecule has 0 amide bonds. The Morgan fingerprint density at radius 2 is 1.70 bits per heavy atom. The molecule has 2 heterocycles. The topological polar surface area (TPSA) is 68.2 Å². The van der Waals surface area contributed by atoms with Crippen LogP contribution >= 0.6 is 0 Å². The molecule has 6 aliphatic rings. The standard InChI is InChI=1S/C37H54O5Si/c1-25-15-20-42-37(25)19-14-30-28-12-17-35(38)24-36(40-21-22-41-36)18-13-31(35)32(28)29(23-34(30,37)4)27-9-7-26(8-10-27)11-16-33(2,3)43(5,6)39/h7-10,28-30,38-39H,1,11-24H2,2-6H3/t28?,29-,30?,34+,35-,37-/m1/s1. The van der Waals surface area contributed by atoms with Crippen LogP contribution in [0, 0.1) is 17.3 Å². The fourth-order valence-electron chi connectivity index (χ4n) is 10.4. The Bertz CT molecular complexity index is 1300. The van der Waals surface area contributed by atoms with E-state index in [1.165, 1.54) is 34.3 Å². The lowest BCUT2D eigenvalue weighted by Crippen LogP contribution is -2.55. The molecule has 4 aliphatic carbocycles. The van der Waals surface area contributed by atoms with E-state index in [4.69, 9.17) is 14.2 Å². The summed E-state index contributed by atoms with van der Waals surface area (Å²) in [6.07, 6.45) is 10.3. The molecule has 2 unspecified atom stereocenters. The first-order chi connectivity index (χ1) is 20.2. The predicted molar refractivity (Wildman–Crippen MR) is 172 cm³/mol. The molecule has 2 N–H and O–H groups in total. The van der Waals surface area contributed by atoms with Crippen LogP contribution in [-0.2, 0) is 20.6 Å². The Balaban J connectivity index is 1.26. The summed E-state index contributed by atoms with van der Waals surface area (Å²) in [7, 11) is -2.24. The van der Waals surface area contributed by atoms with Gasteiger partial charge in [-0.3, -0.25) is 0 Å². The van der Waals surface area contributed by atoms with E-state index in [1.54, 1.807) is 0 Å². The van der Waals surface area contributed by atoms with E-state index in [0.29, 0.717) is 31.5 Å². The molecular formula is C37H54O5Si. The number of hydrogen-bond acceptors (Lipinski definition) is 5. The number of allylic oxidation sites excluding steroid dienone is 1. The van der Waals surface area contributed by atoms with Crippen LogP contribution < -0.4 is 0 Å². The third-order valence-corrected chi connectivity index (χ3v) is 17.3. The molecule has 236 valence electrons. The van der Waals surface area contributed by atoms with Crippen LogP contribution in [0.2, 0.25) is 18.1 Å². The Morgan fingerprint density at radius 1 is 0.977 bits per heavy atom. The van der Waals surface area contributed by atoms with Gasteiger partial charge in [0, 0.05) is 24.2 Å². The van der Waals surface area contributed by atoms with Gasteiger partial charge in [-0.25, -0.2) is 0 Å². The highest BCUT2D eigenvalue weighted by Crippen LogP contribution is 2.70. The minimum atomic E-state index is -2.24. The minimum absolute atomic E-state index is 0.0308. The number of aliphatic hydroxyl groups is 1. The quantitative estimate of drug-likeness (QED) is 0.267. The smallest absolute Gasteiger partial charge is 0.188 e. The van der Waals surface area contributed by atoms with Crippen molar-refractivity contribution in [3.63, 3.8) is 0 Å². The maximum atomic E-state index is 12.4. The van der Waals surface area contributed by atoms with Gasteiger partial charge >= 0.3 is 0 Å². The largest absolute Gasteiger partial charge is 0.432 e. The lowest BCUT2D eigenvalue weighted by atomic mass is 9.49.